The standard InChI is InChI=1S/C28H21F2N3O3S/c1-17-12-20(29)10-11-21(17)19-13-23-24(15-32-28(23)31-14-19)27(34)22-8-5-9-25(26(22)30)33-37(35,36)16-18-6-3-2-4-7-18/h2-15,33H,16H2,1H3,(H,31,32). The van der Waals surface area contributed by atoms with Gasteiger partial charge in [0.2, 0.25) is 10.0 Å². The van der Waals surface area contributed by atoms with Crippen molar-refractivity contribution >= 4 is 32.5 Å². The maximum atomic E-state index is 15.4. The Hall–Kier alpha value is -4.37. The molecule has 0 saturated carbocycles. The number of hydrogen-bond donors (Lipinski definition) is 2. The van der Waals surface area contributed by atoms with E-state index in [0.717, 1.165) is 5.56 Å². The van der Waals surface area contributed by atoms with Crippen LogP contribution < -0.4 is 4.72 Å². The molecular weight excluding hydrogens is 496 g/mol. The Balaban J connectivity index is 1.48. The van der Waals surface area contributed by atoms with E-state index < -0.39 is 21.6 Å². The van der Waals surface area contributed by atoms with Gasteiger partial charge in [0.05, 0.1) is 17.0 Å². The molecule has 9 heteroatoms. The van der Waals surface area contributed by atoms with Crippen LogP contribution in [0.4, 0.5) is 14.5 Å². The Kier molecular flexibility index (Phi) is 6.31. The number of hydrogen-bond acceptors (Lipinski definition) is 4. The summed E-state index contributed by atoms with van der Waals surface area (Å²) < 4.78 is 56.5. The number of H-pyrrole nitrogens is 1. The molecule has 0 fully saturated rings. The van der Waals surface area contributed by atoms with Gasteiger partial charge >= 0.3 is 0 Å². The predicted molar refractivity (Wildman–Crippen MR) is 139 cm³/mol. The summed E-state index contributed by atoms with van der Waals surface area (Å²) in [4.78, 5) is 20.7. The summed E-state index contributed by atoms with van der Waals surface area (Å²) in [6, 6.07) is 18.6. The van der Waals surface area contributed by atoms with Gasteiger partial charge in [0, 0.05) is 28.9 Å². The summed E-state index contributed by atoms with van der Waals surface area (Å²) in [7, 11) is -3.93. The predicted octanol–water partition coefficient (Wildman–Crippen LogP) is 5.99. The van der Waals surface area contributed by atoms with Gasteiger partial charge in [-0.3, -0.25) is 9.52 Å². The first-order valence-electron chi connectivity index (χ1n) is 11.3. The van der Waals surface area contributed by atoms with E-state index in [2.05, 4.69) is 14.7 Å². The fourth-order valence-corrected chi connectivity index (χ4v) is 5.41. The van der Waals surface area contributed by atoms with E-state index in [4.69, 9.17) is 0 Å². The lowest BCUT2D eigenvalue weighted by Crippen LogP contribution is -2.17. The normalized spacial score (nSPS) is 11.5. The SMILES string of the molecule is Cc1cc(F)ccc1-c1cnc2[nH]cc(C(=O)c3cccc(NS(=O)(=O)Cc4ccccc4)c3F)c2c1. The third-order valence-corrected chi connectivity index (χ3v) is 7.23. The monoisotopic (exact) mass is 517 g/mol. The number of benzene rings is 3. The lowest BCUT2D eigenvalue weighted by atomic mass is 9.98. The molecule has 3 aromatic carbocycles. The first kappa shape index (κ1) is 24.3. The Morgan fingerprint density at radius 3 is 2.51 bits per heavy atom. The number of fused-ring (bicyclic) bond motifs is 1. The van der Waals surface area contributed by atoms with Crippen LogP contribution in [0, 0.1) is 18.6 Å². The van der Waals surface area contributed by atoms with Gasteiger partial charge in [0.25, 0.3) is 0 Å². The van der Waals surface area contributed by atoms with Gasteiger partial charge in [-0.1, -0.05) is 42.5 Å². The number of rotatable bonds is 7. The van der Waals surface area contributed by atoms with E-state index in [-0.39, 0.29) is 28.4 Å². The number of aromatic amines is 1. The van der Waals surface area contributed by atoms with Crippen LogP contribution in [-0.4, -0.2) is 24.2 Å². The van der Waals surface area contributed by atoms with E-state index in [0.29, 0.717) is 27.7 Å². The molecule has 0 spiro atoms. The number of aromatic nitrogens is 2. The van der Waals surface area contributed by atoms with E-state index in [1.807, 2.05) is 0 Å². The molecule has 2 heterocycles. The van der Waals surface area contributed by atoms with Gasteiger partial charge in [0.15, 0.2) is 11.6 Å². The lowest BCUT2D eigenvalue weighted by molar-refractivity contribution is 0.103. The van der Waals surface area contributed by atoms with Crippen molar-refractivity contribution in [3.05, 3.63) is 119 Å². The average molecular weight is 518 g/mol. The molecule has 6 nitrogen and oxygen atoms in total. The molecule has 2 N–H and O–H groups in total. The van der Waals surface area contributed by atoms with E-state index in [1.165, 1.54) is 36.5 Å². The third-order valence-electron chi connectivity index (χ3n) is 5.98. The zero-order chi connectivity index (χ0) is 26.2. The molecule has 0 aliphatic carbocycles. The van der Waals surface area contributed by atoms with Crippen LogP contribution in [0.15, 0.2) is 85.2 Å². The fraction of sp³-hybridized carbons (Fsp3) is 0.0714. The van der Waals surface area contributed by atoms with Crippen LogP contribution in [0.2, 0.25) is 0 Å². The Morgan fingerprint density at radius 2 is 1.76 bits per heavy atom. The molecule has 186 valence electrons. The number of pyridine rings is 1. The van der Waals surface area contributed by atoms with Gasteiger partial charge < -0.3 is 4.98 Å². The first-order chi connectivity index (χ1) is 17.7. The number of carbonyl (C=O) groups is 1. The second kappa shape index (κ2) is 9.59. The second-order valence-corrected chi connectivity index (χ2v) is 10.3. The minimum atomic E-state index is -3.93. The molecule has 0 aliphatic rings. The third kappa shape index (κ3) is 4.99. The quantitative estimate of drug-likeness (QED) is 0.260. The van der Waals surface area contributed by atoms with Crippen LogP contribution in [-0.2, 0) is 15.8 Å². The minimum absolute atomic E-state index is 0.173. The molecule has 37 heavy (non-hydrogen) atoms. The van der Waals surface area contributed by atoms with Crippen LogP contribution in [0.1, 0.15) is 27.0 Å². The second-order valence-electron chi connectivity index (χ2n) is 8.62. The van der Waals surface area contributed by atoms with Gasteiger partial charge in [-0.15, -0.1) is 0 Å². The number of halogens is 2. The van der Waals surface area contributed by atoms with Gasteiger partial charge in [-0.25, -0.2) is 22.2 Å². The highest BCUT2D eigenvalue weighted by Gasteiger charge is 2.22. The van der Waals surface area contributed by atoms with Gasteiger partial charge in [0.1, 0.15) is 11.5 Å². The molecule has 0 aliphatic heterocycles. The van der Waals surface area contributed by atoms with Crippen molar-refractivity contribution in [1.29, 1.82) is 0 Å². The number of anilines is 1. The summed E-state index contributed by atoms with van der Waals surface area (Å²) in [5.74, 6) is -2.31. The van der Waals surface area contributed by atoms with Crippen molar-refractivity contribution < 1.29 is 22.0 Å². The van der Waals surface area contributed by atoms with Crippen molar-refractivity contribution in [2.45, 2.75) is 12.7 Å². The number of ketones is 1. The molecule has 0 atom stereocenters. The number of sulfonamides is 1. The molecular formula is C28H21F2N3O3S. The highest BCUT2D eigenvalue weighted by Crippen LogP contribution is 2.30. The average Bonchev–Trinajstić information content (AvgIpc) is 3.28. The molecule has 0 amide bonds. The molecule has 0 saturated heterocycles. The summed E-state index contributed by atoms with van der Waals surface area (Å²) >= 11 is 0. The summed E-state index contributed by atoms with van der Waals surface area (Å²) in [6.07, 6.45) is 3.04. The highest BCUT2D eigenvalue weighted by molar-refractivity contribution is 7.91. The van der Waals surface area contributed by atoms with E-state index >= 15 is 4.39 Å². The van der Waals surface area contributed by atoms with Crippen molar-refractivity contribution in [3.63, 3.8) is 0 Å². The molecule has 0 bridgehead atoms. The summed E-state index contributed by atoms with van der Waals surface area (Å²) in [5.41, 5.74) is 2.65. The maximum absolute atomic E-state index is 15.4. The van der Waals surface area contributed by atoms with Crippen molar-refractivity contribution in [2.75, 3.05) is 4.72 Å². The van der Waals surface area contributed by atoms with Gasteiger partial charge in [-0.05, 0) is 53.9 Å². The number of nitrogens with zero attached hydrogens (tertiary/aromatic N) is 1. The largest absolute Gasteiger partial charge is 0.345 e. The Bertz CT molecular complexity index is 1750. The topological polar surface area (TPSA) is 91.9 Å². The highest BCUT2D eigenvalue weighted by atomic mass is 32.2. The van der Waals surface area contributed by atoms with Crippen molar-refractivity contribution in [1.82, 2.24) is 9.97 Å². The zero-order valence-corrected chi connectivity index (χ0v) is 20.4. The van der Waals surface area contributed by atoms with E-state index in [1.54, 1.807) is 55.6 Å². The molecule has 2 aromatic heterocycles. The first-order valence-corrected chi connectivity index (χ1v) is 13.0. The maximum Gasteiger partial charge on any atom is 0.237 e. The van der Waals surface area contributed by atoms with Crippen molar-refractivity contribution in [3.8, 4) is 11.1 Å². The Morgan fingerprint density at radius 1 is 0.973 bits per heavy atom. The zero-order valence-electron chi connectivity index (χ0n) is 19.6. The summed E-state index contributed by atoms with van der Waals surface area (Å²) in [5, 5.41) is 0.459. The smallest absolute Gasteiger partial charge is 0.237 e. The molecule has 5 aromatic rings. The molecule has 0 unspecified atom stereocenters. The van der Waals surface area contributed by atoms with Crippen LogP contribution in [0.25, 0.3) is 22.2 Å². The van der Waals surface area contributed by atoms with E-state index in [9.17, 15) is 17.6 Å². The number of nitrogens with one attached hydrogen (secondary N) is 2. The lowest BCUT2D eigenvalue weighted by Gasteiger charge is -2.11. The van der Waals surface area contributed by atoms with Crippen molar-refractivity contribution in [2.24, 2.45) is 0 Å². The van der Waals surface area contributed by atoms with Gasteiger partial charge in [-0.2, -0.15) is 0 Å². The molecule has 5 rings (SSSR count). The number of carbonyl (C=O) groups excluding carboxylic acids is 1. The number of aryl methyl sites for hydroxylation is 1. The summed E-state index contributed by atoms with van der Waals surface area (Å²) in [6.45, 7) is 1.77. The van der Waals surface area contributed by atoms with Crippen LogP contribution >= 0.6 is 0 Å². The molecule has 0 radical (unpaired) electrons. The fourth-order valence-electron chi connectivity index (χ4n) is 4.22. The Labute approximate surface area is 212 Å². The van der Waals surface area contributed by atoms with Crippen LogP contribution in [0.3, 0.4) is 0 Å². The van der Waals surface area contributed by atoms with Crippen LogP contribution in [0.5, 0.6) is 0 Å². The minimum Gasteiger partial charge on any atom is -0.345 e.